The van der Waals surface area contributed by atoms with Crippen LogP contribution in [0.4, 0.5) is 0 Å². The molecule has 17 heavy (non-hydrogen) atoms. The van der Waals surface area contributed by atoms with E-state index in [-0.39, 0.29) is 5.97 Å². The predicted octanol–water partition coefficient (Wildman–Crippen LogP) is 2.64. The van der Waals surface area contributed by atoms with Gasteiger partial charge in [0.2, 0.25) is 0 Å². The van der Waals surface area contributed by atoms with Crippen molar-refractivity contribution in [1.29, 1.82) is 0 Å². The van der Waals surface area contributed by atoms with Gasteiger partial charge in [-0.3, -0.25) is 10.1 Å². The lowest BCUT2D eigenvalue weighted by atomic mass is 9.89. The van der Waals surface area contributed by atoms with E-state index < -0.39 is 5.54 Å². The Balaban J connectivity index is 1.97. The van der Waals surface area contributed by atoms with Gasteiger partial charge in [0, 0.05) is 6.04 Å². The number of nitrogens with one attached hydrogen (secondary N) is 1. The lowest BCUT2D eigenvalue weighted by Gasteiger charge is -2.35. The number of carbonyl (C=O) groups is 1. The third-order valence-electron chi connectivity index (χ3n) is 4.20. The van der Waals surface area contributed by atoms with Crippen LogP contribution in [0.5, 0.6) is 0 Å². The number of hydrogen-bond donors (Lipinski definition) is 1. The van der Waals surface area contributed by atoms with Crippen molar-refractivity contribution < 1.29 is 9.53 Å². The number of rotatable bonds is 5. The summed E-state index contributed by atoms with van der Waals surface area (Å²) < 4.78 is 5.25. The Kier molecular flexibility index (Phi) is 4.08. The first-order chi connectivity index (χ1) is 8.16. The van der Waals surface area contributed by atoms with Crippen molar-refractivity contribution in [2.24, 2.45) is 5.92 Å². The Labute approximate surface area is 104 Å². The van der Waals surface area contributed by atoms with Crippen molar-refractivity contribution in [3.8, 4) is 0 Å². The lowest BCUT2D eigenvalue weighted by molar-refractivity contribution is -0.152. The van der Waals surface area contributed by atoms with Crippen molar-refractivity contribution in [3.05, 3.63) is 0 Å². The van der Waals surface area contributed by atoms with Crippen molar-refractivity contribution in [2.45, 2.75) is 70.4 Å². The minimum Gasteiger partial charge on any atom is -0.465 e. The van der Waals surface area contributed by atoms with Crippen LogP contribution in [0.25, 0.3) is 0 Å². The first-order valence-electron chi connectivity index (χ1n) is 7.11. The summed E-state index contributed by atoms with van der Waals surface area (Å²) >= 11 is 0. The number of esters is 1. The fourth-order valence-corrected chi connectivity index (χ4v) is 2.96. The Bertz CT molecular complexity index is 269. The first kappa shape index (κ1) is 12.9. The second-order valence-corrected chi connectivity index (χ2v) is 5.68. The van der Waals surface area contributed by atoms with Crippen LogP contribution in [-0.2, 0) is 9.53 Å². The molecule has 0 bridgehead atoms. The van der Waals surface area contributed by atoms with Crippen LogP contribution in [0, 0.1) is 5.92 Å². The zero-order chi connectivity index (χ0) is 12.3. The lowest BCUT2D eigenvalue weighted by Crippen LogP contribution is -2.56. The zero-order valence-corrected chi connectivity index (χ0v) is 11.1. The van der Waals surface area contributed by atoms with E-state index >= 15 is 0 Å². The zero-order valence-electron chi connectivity index (χ0n) is 11.1. The molecule has 3 heteroatoms. The highest BCUT2D eigenvalue weighted by Crippen LogP contribution is 2.41. The van der Waals surface area contributed by atoms with Gasteiger partial charge in [-0.05, 0) is 45.4 Å². The van der Waals surface area contributed by atoms with Crippen LogP contribution >= 0.6 is 0 Å². The van der Waals surface area contributed by atoms with E-state index in [4.69, 9.17) is 4.74 Å². The van der Waals surface area contributed by atoms with E-state index in [9.17, 15) is 4.79 Å². The van der Waals surface area contributed by atoms with Gasteiger partial charge in [-0.1, -0.05) is 19.3 Å². The molecule has 0 aromatic rings. The maximum absolute atomic E-state index is 12.1. The molecular weight excluding hydrogens is 214 g/mol. The van der Waals surface area contributed by atoms with Crippen LogP contribution in [0.1, 0.15) is 58.8 Å². The molecule has 2 aliphatic carbocycles. The third kappa shape index (κ3) is 3.01. The second-order valence-electron chi connectivity index (χ2n) is 5.68. The molecule has 2 saturated carbocycles. The SMILES string of the molecule is CCOC(=O)C(C)(NC1CCCCC1)C1CC1. The molecule has 0 aromatic heterocycles. The summed E-state index contributed by atoms with van der Waals surface area (Å²) in [6, 6.07) is 0.513. The number of ether oxygens (including phenoxy) is 1. The molecule has 0 amide bonds. The molecule has 2 fully saturated rings. The van der Waals surface area contributed by atoms with Crippen molar-refractivity contribution in [1.82, 2.24) is 5.32 Å². The van der Waals surface area contributed by atoms with Gasteiger partial charge in [0.25, 0.3) is 0 Å². The maximum Gasteiger partial charge on any atom is 0.326 e. The first-order valence-corrected chi connectivity index (χ1v) is 7.11. The molecule has 98 valence electrons. The third-order valence-corrected chi connectivity index (χ3v) is 4.20. The highest BCUT2D eigenvalue weighted by Gasteiger charge is 2.49. The van der Waals surface area contributed by atoms with Gasteiger partial charge < -0.3 is 4.74 Å². The Hall–Kier alpha value is -0.570. The average molecular weight is 239 g/mol. The van der Waals surface area contributed by atoms with Crippen molar-refractivity contribution in [3.63, 3.8) is 0 Å². The predicted molar refractivity (Wildman–Crippen MR) is 67.8 cm³/mol. The Morgan fingerprint density at radius 1 is 1.24 bits per heavy atom. The molecule has 1 atom stereocenters. The van der Waals surface area contributed by atoms with E-state index in [0.29, 0.717) is 18.6 Å². The van der Waals surface area contributed by atoms with E-state index in [2.05, 4.69) is 5.32 Å². The topological polar surface area (TPSA) is 38.3 Å². The summed E-state index contributed by atoms with van der Waals surface area (Å²) in [4.78, 5) is 12.1. The largest absolute Gasteiger partial charge is 0.465 e. The molecule has 2 aliphatic rings. The fourth-order valence-electron chi connectivity index (χ4n) is 2.96. The van der Waals surface area contributed by atoms with E-state index in [0.717, 1.165) is 12.8 Å². The molecule has 0 aliphatic heterocycles. The van der Waals surface area contributed by atoms with Crippen molar-refractivity contribution >= 4 is 5.97 Å². The van der Waals surface area contributed by atoms with Crippen LogP contribution in [0.3, 0.4) is 0 Å². The van der Waals surface area contributed by atoms with Gasteiger partial charge in [-0.25, -0.2) is 0 Å². The minimum absolute atomic E-state index is 0.0481. The molecule has 3 nitrogen and oxygen atoms in total. The number of hydrogen-bond acceptors (Lipinski definition) is 3. The normalized spacial score (nSPS) is 25.3. The summed E-state index contributed by atoms with van der Waals surface area (Å²) in [6.45, 7) is 4.40. The summed E-state index contributed by atoms with van der Waals surface area (Å²) in [5, 5.41) is 3.60. The van der Waals surface area contributed by atoms with Gasteiger partial charge >= 0.3 is 5.97 Å². The molecule has 0 heterocycles. The van der Waals surface area contributed by atoms with E-state index in [1.165, 1.54) is 32.1 Å². The van der Waals surface area contributed by atoms with Crippen molar-refractivity contribution in [2.75, 3.05) is 6.61 Å². The molecule has 0 spiro atoms. The molecule has 1 unspecified atom stereocenters. The highest BCUT2D eigenvalue weighted by molar-refractivity contribution is 5.81. The molecule has 0 aromatic carbocycles. The molecule has 2 rings (SSSR count). The van der Waals surface area contributed by atoms with E-state index in [1.54, 1.807) is 0 Å². The van der Waals surface area contributed by atoms with Crippen LogP contribution in [0.2, 0.25) is 0 Å². The standard InChI is InChI=1S/C14H25NO2/c1-3-17-13(16)14(2,11-9-10-11)15-12-7-5-4-6-8-12/h11-12,15H,3-10H2,1-2H3. The molecule has 1 N–H and O–H groups in total. The summed E-state index contributed by atoms with van der Waals surface area (Å²) in [6.07, 6.45) is 8.67. The van der Waals surface area contributed by atoms with Gasteiger partial charge in [-0.15, -0.1) is 0 Å². The van der Waals surface area contributed by atoms with Crippen LogP contribution in [-0.4, -0.2) is 24.2 Å². The second kappa shape index (κ2) is 5.38. The number of carbonyl (C=O) groups excluding carboxylic acids is 1. The van der Waals surface area contributed by atoms with Gasteiger partial charge in [0.1, 0.15) is 5.54 Å². The summed E-state index contributed by atoms with van der Waals surface area (Å²) in [7, 11) is 0. The fraction of sp³-hybridized carbons (Fsp3) is 0.929. The van der Waals surface area contributed by atoms with E-state index in [1.807, 2.05) is 13.8 Å². The van der Waals surface area contributed by atoms with Crippen LogP contribution < -0.4 is 5.32 Å². The minimum atomic E-state index is -0.433. The maximum atomic E-state index is 12.1. The monoisotopic (exact) mass is 239 g/mol. The van der Waals surface area contributed by atoms with Gasteiger partial charge in [-0.2, -0.15) is 0 Å². The van der Waals surface area contributed by atoms with Gasteiger partial charge in [0.05, 0.1) is 6.61 Å². The highest BCUT2D eigenvalue weighted by atomic mass is 16.5. The smallest absolute Gasteiger partial charge is 0.326 e. The summed E-state index contributed by atoms with van der Waals surface area (Å²) in [5.74, 6) is 0.441. The molecule has 0 radical (unpaired) electrons. The van der Waals surface area contributed by atoms with Gasteiger partial charge in [0.15, 0.2) is 0 Å². The Morgan fingerprint density at radius 3 is 2.41 bits per heavy atom. The molecule has 0 saturated heterocycles. The quantitative estimate of drug-likeness (QED) is 0.750. The Morgan fingerprint density at radius 2 is 1.88 bits per heavy atom. The van der Waals surface area contributed by atoms with Crippen LogP contribution in [0.15, 0.2) is 0 Å². The molecular formula is C14H25NO2. The average Bonchev–Trinajstić information content (AvgIpc) is 3.14. The summed E-state index contributed by atoms with van der Waals surface area (Å²) in [5.41, 5.74) is -0.433.